The largest absolute Gasteiger partial charge is 0.490 e. The first-order valence-electron chi connectivity index (χ1n) is 8.41. The zero-order chi connectivity index (χ0) is 17.8. The summed E-state index contributed by atoms with van der Waals surface area (Å²) in [5, 5.41) is 0. The molecule has 0 amide bonds. The van der Waals surface area contributed by atoms with Gasteiger partial charge in [-0.1, -0.05) is 24.3 Å². The van der Waals surface area contributed by atoms with Crippen LogP contribution in [0.15, 0.2) is 48.2 Å². The highest BCUT2D eigenvalue weighted by Crippen LogP contribution is 2.40. The molecule has 3 rings (SSSR count). The molecule has 5 heteroatoms. The molecule has 0 unspecified atom stereocenters. The lowest BCUT2D eigenvalue weighted by molar-refractivity contribution is -0.474. The van der Waals surface area contributed by atoms with E-state index in [1.807, 2.05) is 62.4 Å². The molecule has 0 radical (unpaired) electrons. The maximum Gasteiger partial charge on any atom is 0.278 e. The number of para-hydroxylation sites is 1. The van der Waals surface area contributed by atoms with Crippen molar-refractivity contribution in [3.05, 3.63) is 64.2 Å². The van der Waals surface area contributed by atoms with Gasteiger partial charge in [-0.15, -0.1) is 0 Å². The number of fused-ring (bicyclic) bond motifs is 1. The molecule has 1 aliphatic heterocycles. The number of benzene rings is 2. The van der Waals surface area contributed by atoms with E-state index in [-0.39, 0.29) is 0 Å². The van der Waals surface area contributed by atoms with Crippen molar-refractivity contribution in [1.29, 1.82) is 0 Å². The molecular formula is C20H22NO4+. The number of ether oxygens (including phenoxy) is 3. The fourth-order valence-corrected chi connectivity index (χ4v) is 2.86. The van der Waals surface area contributed by atoms with Crippen LogP contribution in [0.3, 0.4) is 0 Å². The molecule has 5 nitrogen and oxygen atoms in total. The van der Waals surface area contributed by atoms with Crippen molar-refractivity contribution >= 4 is 6.08 Å². The van der Waals surface area contributed by atoms with E-state index in [0.717, 1.165) is 21.6 Å². The van der Waals surface area contributed by atoms with Crippen LogP contribution in [-0.4, -0.2) is 25.0 Å². The highest BCUT2D eigenvalue weighted by atomic mass is 16.5. The topological polar surface area (TPSA) is 47.8 Å². The number of rotatable bonds is 6. The molecule has 1 heterocycles. The Balaban J connectivity index is 2.03. The molecule has 1 aliphatic rings. The zero-order valence-corrected chi connectivity index (χ0v) is 14.7. The quantitative estimate of drug-likeness (QED) is 0.733. The lowest BCUT2D eigenvalue weighted by atomic mass is 10.0. The third kappa shape index (κ3) is 3.50. The predicted molar refractivity (Wildman–Crippen MR) is 96.1 cm³/mol. The number of nitrogens with zero attached hydrogens (tertiary/aromatic N) is 1. The fraction of sp³-hybridized carbons (Fsp3) is 0.300. The molecule has 130 valence electrons. The van der Waals surface area contributed by atoms with E-state index in [4.69, 9.17) is 14.2 Å². The van der Waals surface area contributed by atoms with Crippen LogP contribution in [-0.2, 0) is 0 Å². The standard InChI is InChI=1S/C20H22NO4/c1-4-23-18-11-10-15(13-19(18)24-5-2)20-16(21(3)22)12-14-8-6-7-9-17(14)25-20/h6-13,20H,4-5H2,1-3H3/q+1/t20-/m0/s1. The van der Waals surface area contributed by atoms with Crippen LogP contribution in [0, 0.1) is 4.91 Å². The molecule has 0 fully saturated rings. The van der Waals surface area contributed by atoms with E-state index in [2.05, 4.69) is 0 Å². The highest BCUT2D eigenvalue weighted by molar-refractivity contribution is 5.62. The Morgan fingerprint density at radius 2 is 1.76 bits per heavy atom. The Bertz CT molecular complexity index is 813. The van der Waals surface area contributed by atoms with Crippen LogP contribution in [0.4, 0.5) is 0 Å². The van der Waals surface area contributed by atoms with Crippen molar-refractivity contribution < 1.29 is 19.0 Å². The van der Waals surface area contributed by atoms with Crippen LogP contribution >= 0.6 is 0 Å². The van der Waals surface area contributed by atoms with Gasteiger partial charge in [-0.25, -0.2) is 0 Å². The van der Waals surface area contributed by atoms with Crippen molar-refractivity contribution in [1.82, 2.24) is 0 Å². The first kappa shape index (κ1) is 17.0. The number of likely N-dealkylation sites (N-methyl/N-ethyl adjacent to an activating group) is 1. The second-order valence-electron chi connectivity index (χ2n) is 5.67. The Hall–Kier alpha value is -2.82. The van der Waals surface area contributed by atoms with Gasteiger partial charge in [-0.2, -0.15) is 0 Å². The van der Waals surface area contributed by atoms with Crippen LogP contribution in [0.5, 0.6) is 17.2 Å². The Kier molecular flexibility index (Phi) is 5.03. The van der Waals surface area contributed by atoms with Crippen LogP contribution in [0.2, 0.25) is 0 Å². The normalized spacial score (nSPS) is 15.6. The van der Waals surface area contributed by atoms with Gasteiger partial charge >= 0.3 is 0 Å². The van der Waals surface area contributed by atoms with Gasteiger partial charge in [0.15, 0.2) is 18.5 Å². The predicted octanol–water partition coefficient (Wildman–Crippen LogP) is 4.37. The third-order valence-corrected chi connectivity index (χ3v) is 3.97. The third-order valence-electron chi connectivity index (χ3n) is 3.97. The van der Waals surface area contributed by atoms with Gasteiger partial charge < -0.3 is 14.2 Å². The summed E-state index contributed by atoms with van der Waals surface area (Å²) in [6.45, 7) is 4.94. The van der Waals surface area contributed by atoms with Crippen molar-refractivity contribution in [3.63, 3.8) is 0 Å². The van der Waals surface area contributed by atoms with Gasteiger partial charge in [0.05, 0.1) is 13.2 Å². The van der Waals surface area contributed by atoms with Crippen molar-refractivity contribution in [3.8, 4) is 17.2 Å². The summed E-state index contributed by atoms with van der Waals surface area (Å²) in [5.41, 5.74) is 2.29. The van der Waals surface area contributed by atoms with Crippen LogP contribution < -0.4 is 14.2 Å². The van der Waals surface area contributed by atoms with E-state index in [1.54, 1.807) is 0 Å². The molecule has 0 spiro atoms. The van der Waals surface area contributed by atoms with E-state index < -0.39 is 6.10 Å². The van der Waals surface area contributed by atoms with Crippen LogP contribution in [0.25, 0.3) is 6.08 Å². The summed E-state index contributed by atoms with van der Waals surface area (Å²) in [6.07, 6.45) is 1.38. The number of hydrogen-bond donors (Lipinski definition) is 0. The minimum atomic E-state index is -0.493. The summed E-state index contributed by atoms with van der Waals surface area (Å²) in [6, 6.07) is 13.3. The van der Waals surface area contributed by atoms with Crippen molar-refractivity contribution in [2.24, 2.45) is 0 Å². The summed E-state index contributed by atoms with van der Waals surface area (Å²) in [4.78, 5) is 12.1. The SMILES string of the molecule is CCOc1ccc([C@@H]2Oc3ccccc3C=C2[N+](C)=O)cc1OCC. The van der Waals surface area contributed by atoms with E-state index in [9.17, 15) is 4.91 Å². The molecule has 0 saturated heterocycles. The van der Waals surface area contributed by atoms with Gasteiger partial charge in [-0.05, 0) is 32.0 Å². The summed E-state index contributed by atoms with van der Waals surface area (Å²) in [5.74, 6) is 2.09. The molecule has 2 aromatic carbocycles. The summed E-state index contributed by atoms with van der Waals surface area (Å²) >= 11 is 0. The molecule has 0 N–H and O–H groups in total. The highest BCUT2D eigenvalue weighted by Gasteiger charge is 2.33. The molecule has 2 aromatic rings. The molecule has 0 saturated carbocycles. The minimum Gasteiger partial charge on any atom is -0.490 e. The molecule has 25 heavy (non-hydrogen) atoms. The lowest BCUT2D eigenvalue weighted by Crippen LogP contribution is -2.20. The lowest BCUT2D eigenvalue weighted by Gasteiger charge is -2.23. The van der Waals surface area contributed by atoms with Crippen LogP contribution in [0.1, 0.15) is 31.1 Å². The summed E-state index contributed by atoms with van der Waals surface area (Å²) < 4.78 is 18.3. The average molecular weight is 340 g/mol. The Labute approximate surface area is 147 Å². The Morgan fingerprint density at radius 3 is 2.48 bits per heavy atom. The van der Waals surface area contributed by atoms with Gasteiger partial charge in [-0.3, -0.25) is 0 Å². The zero-order valence-electron chi connectivity index (χ0n) is 14.7. The second-order valence-corrected chi connectivity index (χ2v) is 5.67. The van der Waals surface area contributed by atoms with Gasteiger partial charge in [0, 0.05) is 26.9 Å². The van der Waals surface area contributed by atoms with Crippen molar-refractivity contribution in [2.45, 2.75) is 20.0 Å². The molecule has 0 aromatic heterocycles. The summed E-state index contributed by atoms with van der Waals surface area (Å²) in [7, 11) is 1.48. The smallest absolute Gasteiger partial charge is 0.278 e. The van der Waals surface area contributed by atoms with Gasteiger partial charge in [0.2, 0.25) is 6.10 Å². The maximum absolute atomic E-state index is 12.1. The molecule has 1 atom stereocenters. The van der Waals surface area contributed by atoms with E-state index in [1.165, 1.54) is 7.05 Å². The average Bonchev–Trinajstić information content (AvgIpc) is 2.62. The first-order valence-corrected chi connectivity index (χ1v) is 8.41. The number of hydrogen-bond acceptors (Lipinski definition) is 4. The molecule has 0 bridgehead atoms. The monoisotopic (exact) mass is 340 g/mol. The molecular weight excluding hydrogens is 318 g/mol. The Morgan fingerprint density at radius 1 is 1.04 bits per heavy atom. The maximum atomic E-state index is 12.1. The van der Waals surface area contributed by atoms with E-state index >= 15 is 0 Å². The van der Waals surface area contributed by atoms with E-state index in [0.29, 0.717) is 30.4 Å². The molecule has 0 aliphatic carbocycles. The van der Waals surface area contributed by atoms with Crippen molar-refractivity contribution in [2.75, 3.05) is 20.3 Å². The van der Waals surface area contributed by atoms with Gasteiger partial charge in [0.25, 0.3) is 5.70 Å². The number of nitroso groups, excluding NO2 is 1. The first-order chi connectivity index (χ1) is 12.1. The second kappa shape index (κ2) is 7.38. The minimum absolute atomic E-state index is 0.493. The van der Waals surface area contributed by atoms with Gasteiger partial charge in [0.1, 0.15) is 5.75 Å². The fourth-order valence-electron chi connectivity index (χ4n) is 2.86.